The first-order valence-corrected chi connectivity index (χ1v) is 11.5. The van der Waals surface area contributed by atoms with Gasteiger partial charge in [0.1, 0.15) is 5.82 Å². The molecule has 2 aliphatic rings. The summed E-state index contributed by atoms with van der Waals surface area (Å²) in [5, 5.41) is 3.12. The van der Waals surface area contributed by atoms with Crippen LogP contribution in [0.2, 0.25) is 0 Å². The first-order chi connectivity index (χ1) is 15.5. The maximum absolute atomic E-state index is 13.4. The topological polar surface area (TPSA) is 65.5 Å². The van der Waals surface area contributed by atoms with Crippen LogP contribution >= 0.6 is 0 Å². The highest BCUT2D eigenvalue weighted by Gasteiger charge is 2.37. The second-order valence-corrected chi connectivity index (χ2v) is 8.89. The molecule has 2 heterocycles. The fourth-order valence-corrected chi connectivity index (χ4v) is 4.65. The summed E-state index contributed by atoms with van der Waals surface area (Å²) in [5.74, 6) is 0.626. The minimum absolute atomic E-state index is 0.0621. The number of anilines is 2. The summed E-state index contributed by atoms with van der Waals surface area (Å²) in [5.41, 5.74) is 1.96. The van der Waals surface area contributed by atoms with Gasteiger partial charge in [-0.15, -0.1) is 0 Å². The van der Waals surface area contributed by atoms with Gasteiger partial charge in [0.05, 0.1) is 11.8 Å². The highest BCUT2D eigenvalue weighted by Crippen LogP contribution is 2.31. The summed E-state index contributed by atoms with van der Waals surface area (Å²) in [6, 6.07) is 13.8. The summed E-state index contributed by atoms with van der Waals surface area (Å²) >= 11 is 0. The van der Waals surface area contributed by atoms with Crippen molar-refractivity contribution in [3.05, 3.63) is 66.4 Å². The molecule has 0 radical (unpaired) electrons. The van der Waals surface area contributed by atoms with Crippen molar-refractivity contribution in [2.75, 3.05) is 36.4 Å². The number of aromatic nitrogens is 1. The number of carbonyl (C=O) groups is 2. The van der Waals surface area contributed by atoms with E-state index in [9.17, 15) is 9.59 Å². The summed E-state index contributed by atoms with van der Waals surface area (Å²) in [6.07, 6.45) is 7.07. The molecule has 2 amide bonds. The minimum atomic E-state index is -0.346. The molecular formula is C26H32N4O2. The molecule has 4 rings (SSSR count). The number of allylic oxidation sites excluding steroid dienone is 2. The van der Waals surface area contributed by atoms with Gasteiger partial charge in [-0.2, -0.15) is 0 Å². The first-order valence-electron chi connectivity index (χ1n) is 11.5. The fourth-order valence-electron chi connectivity index (χ4n) is 4.65. The van der Waals surface area contributed by atoms with E-state index in [1.54, 1.807) is 6.20 Å². The van der Waals surface area contributed by atoms with E-state index in [1.807, 2.05) is 59.5 Å². The quantitative estimate of drug-likeness (QED) is 0.723. The largest absolute Gasteiger partial charge is 0.353 e. The zero-order chi connectivity index (χ0) is 22.5. The van der Waals surface area contributed by atoms with Gasteiger partial charge in [-0.05, 0) is 42.5 Å². The second-order valence-electron chi connectivity index (χ2n) is 8.89. The average Bonchev–Trinajstić information content (AvgIpc) is 2.84. The monoisotopic (exact) mass is 432 g/mol. The third-order valence-electron chi connectivity index (χ3n) is 6.49. The number of para-hydroxylation sites is 1. The van der Waals surface area contributed by atoms with E-state index in [0.29, 0.717) is 31.8 Å². The molecule has 0 spiro atoms. The normalized spacial score (nSPS) is 21.0. The van der Waals surface area contributed by atoms with Crippen LogP contribution in [0.1, 0.15) is 38.2 Å². The first kappa shape index (κ1) is 22.1. The minimum Gasteiger partial charge on any atom is -0.353 e. The van der Waals surface area contributed by atoms with E-state index < -0.39 is 0 Å². The Balaban J connectivity index is 1.42. The number of nitrogens with zero attached hydrogens (tertiary/aromatic N) is 3. The second kappa shape index (κ2) is 9.98. The Morgan fingerprint density at radius 2 is 1.62 bits per heavy atom. The Kier molecular flexibility index (Phi) is 6.88. The lowest BCUT2D eigenvalue weighted by Gasteiger charge is -2.38. The van der Waals surface area contributed by atoms with Crippen LogP contribution in [0.25, 0.3) is 0 Å². The van der Waals surface area contributed by atoms with Crippen molar-refractivity contribution in [3.8, 4) is 0 Å². The Morgan fingerprint density at radius 3 is 2.31 bits per heavy atom. The molecule has 32 heavy (non-hydrogen) atoms. The molecule has 1 fully saturated rings. The van der Waals surface area contributed by atoms with Crippen molar-refractivity contribution in [2.45, 2.75) is 32.6 Å². The Morgan fingerprint density at radius 1 is 0.938 bits per heavy atom. The summed E-state index contributed by atoms with van der Waals surface area (Å²) in [4.78, 5) is 35.2. The zero-order valence-corrected chi connectivity index (χ0v) is 18.9. The fraction of sp³-hybridized carbons (Fsp3) is 0.423. The van der Waals surface area contributed by atoms with Crippen molar-refractivity contribution in [1.82, 2.24) is 9.88 Å². The van der Waals surface area contributed by atoms with Crippen molar-refractivity contribution < 1.29 is 9.59 Å². The van der Waals surface area contributed by atoms with E-state index in [4.69, 9.17) is 0 Å². The lowest BCUT2D eigenvalue weighted by Crippen LogP contribution is -2.52. The van der Waals surface area contributed by atoms with Crippen molar-refractivity contribution in [2.24, 2.45) is 11.8 Å². The number of carbonyl (C=O) groups excluding carboxylic acids is 2. The van der Waals surface area contributed by atoms with Gasteiger partial charge in [-0.25, -0.2) is 4.98 Å². The van der Waals surface area contributed by atoms with Crippen molar-refractivity contribution >= 4 is 23.3 Å². The van der Waals surface area contributed by atoms with Crippen LogP contribution in [0.15, 0.2) is 60.8 Å². The summed E-state index contributed by atoms with van der Waals surface area (Å²) in [7, 11) is 0. The number of rotatable bonds is 5. The molecule has 0 saturated carbocycles. The van der Waals surface area contributed by atoms with E-state index in [0.717, 1.165) is 30.2 Å². The third-order valence-corrected chi connectivity index (χ3v) is 6.49. The zero-order valence-electron chi connectivity index (χ0n) is 18.9. The van der Waals surface area contributed by atoms with Gasteiger partial charge in [0, 0.05) is 38.1 Å². The van der Waals surface area contributed by atoms with E-state index in [-0.39, 0.29) is 23.7 Å². The predicted octanol–water partition coefficient (Wildman–Crippen LogP) is 4.07. The van der Waals surface area contributed by atoms with Crippen LogP contribution in [0, 0.1) is 11.8 Å². The number of pyridine rings is 1. The number of hydrogen-bond acceptors (Lipinski definition) is 4. The molecule has 0 bridgehead atoms. The molecule has 168 valence electrons. The smallest absolute Gasteiger partial charge is 0.228 e. The van der Waals surface area contributed by atoms with Gasteiger partial charge in [0.25, 0.3) is 0 Å². The van der Waals surface area contributed by atoms with Gasteiger partial charge in [-0.1, -0.05) is 50.3 Å². The molecule has 1 aliphatic heterocycles. The highest BCUT2D eigenvalue weighted by molar-refractivity contribution is 5.97. The van der Waals surface area contributed by atoms with Crippen molar-refractivity contribution in [3.63, 3.8) is 0 Å². The molecule has 1 aromatic carbocycles. The van der Waals surface area contributed by atoms with E-state index >= 15 is 0 Å². The average molecular weight is 433 g/mol. The molecule has 1 saturated heterocycles. The van der Waals surface area contributed by atoms with Gasteiger partial charge in [-0.3, -0.25) is 9.59 Å². The SMILES string of the molecule is CC(C)c1ccccc1NC(=O)C1CC=CCC1C(=O)N1CCN(c2ccccn2)CC1. The standard InChI is InChI=1S/C26H32N4O2/c1-19(2)20-9-5-6-12-23(20)28-25(31)21-10-3-4-11-22(21)26(32)30-17-15-29(16-18-30)24-13-7-8-14-27-24/h3-9,12-14,19,21-22H,10-11,15-18H2,1-2H3,(H,28,31). The predicted molar refractivity (Wildman–Crippen MR) is 128 cm³/mol. The van der Waals surface area contributed by atoms with Crippen LogP contribution in [0.3, 0.4) is 0 Å². The molecule has 1 N–H and O–H groups in total. The van der Waals surface area contributed by atoms with Crippen LogP contribution in [-0.4, -0.2) is 47.9 Å². The third kappa shape index (κ3) is 4.85. The summed E-state index contributed by atoms with van der Waals surface area (Å²) < 4.78 is 0. The molecule has 1 aliphatic carbocycles. The van der Waals surface area contributed by atoms with Gasteiger partial charge in [0.2, 0.25) is 11.8 Å². The van der Waals surface area contributed by atoms with Gasteiger partial charge >= 0.3 is 0 Å². The Bertz CT molecular complexity index is 965. The lowest BCUT2D eigenvalue weighted by atomic mass is 9.81. The number of amides is 2. The van der Waals surface area contributed by atoms with Gasteiger partial charge < -0.3 is 15.1 Å². The number of piperazine rings is 1. The maximum atomic E-state index is 13.4. The number of benzene rings is 1. The summed E-state index contributed by atoms with van der Waals surface area (Å²) in [6.45, 7) is 7.05. The molecule has 2 aromatic rings. The molecule has 1 aromatic heterocycles. The van der Waals surface area contributed by atoms with Crippen LogP contribution in [0.4, 0.5) is 11.5 Å². The Hall–Kier alpha value is -3.15. The maximum Gasteiger partial charge on any atom is 0.228 e. The van der Waals surface area contributed by atoms with E-state index in [1.165, 1.54) is 0 Å². The van der Waals surface area contributed by atoms with Crippen LogP contribution in [0.5, 0.6) is 0 Å². The van der Waals surface area contributed by atoms with Crippen molar-refractivity contribution in [1.29, 1.82) is 0 Å². The lowest BCUT2D eigenvalue weighted by molar-refractivity contribution is -0.141. The molecular weight excluding hydrogens is 400 g/mol. The molecule has 2 unspecified atom stereocenters. The number of nitrogens with one attached hydrogen (secondary N) is 1. The van der Waals surface area contributed by atoms with Crippen LogP contribution < -0.4 is 10.2 Å². The molecule has 6 nitrogen and oxygen atoms in total. The van der Waals surface area contributed by atoms with Gasteiger partial charge in [0.15, 0.2) is 0 Å². The highest BCUT2D eigenvalue weighted by atomic mass is 16.2. The van der Waals surface area contributed by atoms with E-state index in [2.05, 4.69) is 29.0 Å². The molecule has 6 heteroatoms. The number of hydrogen-bond donors (Lipinski definition) is 1. The Labute approximate surface area is 190 Å². The molecule has 2 atom stereocenters. The van der Waals surface area contributed by atoms with Crippen LogP contribution in [-0.2, 0) is 9.59 Å².